The summed E-state index contributed by atoms with van der Waals surface area (Å²) < 4.78 is 5.43. The number of rotatable bonds is 6. The third-order valence-electron chi connectivity index (χ3n) is 1.86. The second-order valence-corrected chi connectivity index (χ2v) is 5.44. The average Bonchev–Trinajstić information content (AvgIpc) is 2.07. The van der Waals surface area contributed by atoms with Crippen LogP contribution in [0.2, 0.25) is 0 Å². The molecule has 0 aromatic carbocycles. The summed E-state index contributed by atoms with van der Waals surface area (Å²) >= 11 is 0. The van der Waals surface area contributed by atoms with E-state index in [1.807, 2.05) is 0 Å². The molecule has 0 aromatic rings. The van der Waals surface area contributed by atoms with Crippen LogP contribution in [0.5, 0.6) is 0 Å². The van der Waals surface area contributed by atoms with Crippen molar-refractivity contribution in [2.24, 2.45) is 16.6 Å². The van der Waals surface area contributed by atoms with Gasteiger partial charge in [-0.1, -0.05) is 13.8 Å². The summed E-state index contributed by atoms with van der Waals surface area (Å²) in [5, 5.41) is 3.10. The Hall–Kier alpha value is -0.770. The van der Waals surface area contributed by atoms with Gasteiger partial charge in [0.15, 0.2) is 5.96 Å². The molecule has 0 unspecified atom stereocenters. The molecule has 0 radical (unpaired) electrons. The van der Waals surface area contributed by atoms with E-state index in [1.54, 1.807) is 0 Å². The van der Waals surface area contributed by atoms with E-state index in [9.17, 15) is 0 Å². The smallest absolute Gasteiger partial charge is 0.189 e. The fourth-order valence-electron chi connectivity index (χ4n) is 1.08. The zero-order valence-corrected chi connectivity index (χ0v) is 11.3. The maximum absolute atomic E-state index is 5.71. The fourth-order valence-corrected chi connectivity index (χ4v) is 1.08. The molecule has 0 saturated carbocycles. The van der Waals surface area contributed by atoms with Gasteiger partial charge in [-0.05, 0) is 33.1 Å². The van der Waals surface area contributed by atoms with Crippen LogP contribution in [-0.2, 0) is 4.74 Å². The van der Waals surface area contributed by atoms with Gasteiger partial charge in [-0.25, -0.2) is 0 Å². The van der Waals surface area contributed by atoms with Gasteiger partial charge in [0, 0.05) is 12.1 Å². The van der Waals surface area contributed by atoms with Crippen LogP contribution >= 0.6 is 0 Å². The summed E-state index contributed by atoms with van der Waals surface area (Å²) in [6, 6.07) is 0. The minimum atomic E-state index is -0.0356. The number of nitrogens with two attached hydrogens (primary N) is 1. The molecule has 0 atom stereocenters. The number of hydrogen-bond acceptors (Lipinski definition) is 2. The van der Waals surface area contributed by atoms with E-state index in [2.05, 4.69) is 44.9 Å². The quantitative estimate of drug-likeness (QED) is 0.414. The summed E-state index contributed by atoms with van der Waals surface area (Å²) in [5.41, 5.74) is 5.67. The van der Waals surface area contributed by atoms with Gasteiger partial charge in [-0.15, -0.1) is 0 Å². The maximum atomic E-state index is 5.71. The predicted octanol–water partition coefficient (Wildman–Crippen LogP) is 1.75. The molecule has 0 aliphatic heterocycles. The normalized spacial score (nSPS) is 13.2. The van der Waals surface area contributed by atoms with Crippen molar-refractivity contribution in [1.82, 2.24) is 5.32 Å². The highest BCUT2D eigenvalue weighted by atomic mass is 16.5. The number of hydrogen-bond donors (Lipinski definition) is 2. The van der Waals surface area contributed by atoms with Gasteiger partial charge in [0.2, 0.25) is 0 Å². The molecule has 0 heterocycles. The first kappa shape index (κ1) is 15.2. The monoisotopic (exact) mass is 229 g/mol. The number of nitrogens with one attached hydrogen (secondary N) is 1. The molecule has 4 nitrogen and oxygen atoms in total. The van der Waals surface area contributed by atoms with Crippen LogP contribution in [0, 0.1) is 5.92 Å². The van der Waals surface area contributed by atoms with Crippen molar-refractivity contribution in [2.45, 2.75) is 46.6 Å². The Morgan fingerprint density at radius 2 is 1.94 bits per heavy atom. The molecule has 16 heavy (non-hydrogen) atoms. The van der Waals surface area contributed by atoms with Crippen LogP contribution in [-0.4, -0.2) is 31.3 Å². The van der Waals surface area contributed by atoms with Gasteiger partial charge in [0.1, 0.15) is 0 Å². The average molecular weight is 229 g/mol. The van der Waals surface area contributed by atoms with Gasteiger partial charge in [-0.2, -0.15) is 0 Å². The zero-order chi connectivity index (χ0) is 12.6. The van der Waals surface area contributed by atoms with Crippen LogP contribution in [0.25, 0.3) is 0 Å². The molecule has 0 aliphatic rings. The minimum absolute atomic E-state index is 0.0356. The number of ether oxygens (including phenoxy) is 1. The van der Waals surface area contributed by atoms with Crippen molar-refractivity contribution >= 4 is 5.96 Å². The molecule has 96 valence electrons. The van der Waals surface area contributed by atoms with E-state index < -0.39 is 0 Å². The summed E-state index contributed by atoms with van der Waals surface area (Å²) in [4.78, 5) is 4.18. The molecule has 4 heteroatoms. The highest BCUT2D eigenvalue weighted by molar-refractivity contribution is 5.78. The molecule has 0 amide bonds. The third-order valence-corrected chi connectivity index (χ3v) is 1.86. The van der Waals surface area contributed by atoms with E-state index in [0.717, 1.165) is 13.0 Å². The molecular formula is C12H27N3O. The van der Waals surface area contributed by atoms with Gasteiger partial charge in [0.05, 0.1) is 13.2 Å². The van der Waals surface area contributed by atoms with Crippen molar-refractivity contribution in [3.63, 3.8) is 0 Å². The Labute approximate surface area is 99.7 Å². The first-order chi connectivity index (χ1) is 7.31. The second kappa shape index (κ2) is 7.49. The van der Waals surface area contributed by atoms with Gasteiger partial charge in [0.25, 0.3) is 0 Å². The summed E-state index contributed by atoms with van der Waals surface area (Å²) in [7, 11) is 0. The van der Waals surface area contributed by atoms with Gasteiger partial charge >= 0.3 is 0 Å². The standard InChI is InChI=1S/C12H27N3O/c1-10(2)6-8-16-9-7-14-11(13)15-12(3,4)5/h10H,6-9H2,1-5H3,(H3,13,14,15). The van der Waals surface area contributed by atoms with E-state index >= 15 is 0 Å². The molecular weight excluding hydrogens is 202 g/mol. The lowest BCUT2D eigenvalue weighted by molar-refractivity contribution is 0.130. The molecule has 0 spiro atoms. The molecule has 0 rings (SSSR count). The first-order valence-corrected chi connectivity index (χ1v) is 5.97. The van der Waals surface area contributed by atoms with Crippen LogP contribution in [0.3, 0.4) is 0 Å². The van der Waals surface area contributed by atoms with Crippen molar-refractivity contribution < 1.29 is 4.74 Å². The molecule has 3 N–H and O–H groups in total. The lowest BCUT2D eigenvalue weighted by Gasteiger charge is -2.20. The fraction of sp³-hybridized carbons (Fsp3) is 0.917. The summed E-state index contributed by atoms with van der Waals surface area (Å²) in [6.45, 7) is 12.6. The van der Waals surface area contributed by atoms with E-state index in [4.69, 9.17) is 10.5 Å². The Balaban J connectivity index is 3.52. The minimum Gasteiger partial charge on any atom is -0.380 e. The number of guanidine groups is 1. The van der Waals surface area contributed by atoms with Gasteiger partial charge < -0.3 is 15.8 Å². The molecule has 0 saturated heterocycles. The SMILES string of the molecule is CC(C)CCOCCN=C(N)NC(C)(C)C. The molecule has 0 bridgehead atoms. The Morgan fingerprint density at radius 1 is 1.31 bits per heavy atom. The van der Waals surface area contributed by atoms with Crippen LogP contribution in [0.15, 0.2) is 4.99 Å². The van der Waals surface area contributed by atoms with Crippen molar-refractivity contribution in [3.05, 3.63) is 0 Å². The van der Waals surface area contributed by atoms with Crippen molar-refractivity contribution in [1.29, 1.82) is 0 Å². The topological polar surface area (TPSA) is 59.6 Å². The Bertz CT molecular complexity index is 207. The zero-order valence-electron chi connectivity index (χ0n) is 11.3. The predicted molar refractivity (Wildman–Crippen MR) is 69.7 cm³/mol. The third kappa shape index (κ3) is 11.3. The largest absolute Gasteiger partial charge is 0.380 e. The van der Waals surface area contributed by atoms with E-state index in [-0.39, 0.29) is 5.54 Å². The first-order valence-electron chi connectivity index (χ1n) is 5.97. The molecule has 0 fully saturated rings. The number of nitrogens with zero attached hydrogens (tertiary/aromatic N) is 1. The van der Waals surface area contributed by atoms with E-state index in [1.165, 1.54) is 0 Å². The molecule has 0 aliphatic carbocycles. The lowest BCUT2D eigenvalue weighted by atomic mass is 10.1. The lowest BCUT2D eigenvalue weighted by Crippen LogP contribution is -2.45. The Morgan fingerprint density at radius 3 is 2.44 bits per heavy atom. The highest BCUT2D eigenvalue weighted by Crippen LogP contribution is 1.99. The highest BCUT2D eigenvalue weighted by Gasteiger charge is 2.09. The summed E-state index contributed by atoms with van der Waals surface area (Å²) in [6.07, 6.45) is 1.10. The molecule has 0 aromatic heterocycles. The Kier molecular flexibility index (Phi) is 7.13. The van der Waals surface area contributed by atoms with Crippen LogP contribution in [0.1, 0.15) is 41.0 Å². The van der Waals surface area contributed by atoms with Crippen LogP contribution in [0.4, 0.5) is 0 Å². The van der Waals surface area contributed by atoms with Crippen LogP contribution < -0.4 is 11.1 Å². The number of aliphatic imine (C=N–C) groups is 1. The van der Waals surface area contributed by atoms with Crippen molar-refractivity contribution in [2.75, 3.05) is 19.8 Å². The maximum Gasteiger partial charge on any atom is 0.189 e. The van der Waals surface area contributed by atoms with E-state index in [0.29, 0.717) is 25.0 Å². The van der Waals surface area contributed by atoms with Crippen molar-refractivity contribution in [3.8, 4) is 0 Å². The summed E-state index contributed by atoms with van der Waals surface area (Å²) in [5.74, 6) is 1.18. The second-order valence-electron chi connectivity index (χ2n) is 5.44. The van der Waals surface area contributed by atoms with Gasteiger partial charge in [-0.3, -0.25) is 4.99 Å².